The van der Waals surface area contributed by atoms with Crippen LogP contribution in [0.15, 0.2) is 12.3 Å². The van der Waals surface area contributed by atoms with Crippen molar-refractivity contribution in [3.8, 4) is 0 Å². The molecule has 0 saturated carbocycles. The van der Waals surface area contributed by atoms with E-state index in [-0.39, 0.29) is 0 Å². The standard InChI is InChI=1S/C7H9NO/c1-6-3-7(5-9)4-8(6)2/h3-5H,1-2H3. The Bertz CT molecular complexity index is 205. The number of carbonyl (C=O) groups is 1. The zero-order valence-electron chi connectivity index (χ0n) is 5.59. The highest BCUT2D eigenvalue weighted by Crippen LogP contribution is 2.01. The van der Waals surface area contributed by atoms with E-state index in [1.807, 2.05) is 30.8 Å². The van der Waals surface area contributed by atoms with E-state index in [1.54, 1.807) is 0 Å². The molecule has 0 fully saturated rings. The molecule has 0 aliphatic heterocycles. The third kappa shape index (κ3) is 1.02. The Labute approximate surface area is 54.1 Å². The van der Waals surface area contributed by atoms with Gasteiger partial charge in [-0.05, 0) is 13.0 Å². The Morgan fingerprint density at radius 2 is 2.33 bits per heavy atom. The van der Waals surface area contributed by atoms with Crippen LogP contribution >= 0.6 is 0 Å². The van der Waals surface area contributed by atoms with Crippen molar-refractivity contribution in [1.29, 1.82) is 0 Å². The second-order valence-corrected chi connectivity index (χ2v) is 2.14. The van der Waals surface area contributed by atoms with Crippen LogP contribution in [0.2, 0.25) is 0 Å². The molecule has 0 spiro atoms. The highest BCUT2D eigenvalue weighted by Gasteiger charge is 1.94. The van der Waals surface area contributed by atoms with Gasteiger partial charge in [0, 0.05) is 24.5 Å². The zero-order valence-corrected chi connectivity index (χ0v) is 5.59. The molecular weight excluding hydrogens is 114 g/mol. The zero-order chi connectivity index (χ0) is 6.85. The van der Waals surface area contributed by atoms with Crippen LogP contribution in [0.4, 0.5) is 0 Å². The van der Waals surface area contributed by atoms with Gasteiger partial charge in [-0.25, -0.2) is 0 Å². The molecule has 0 unspecified atom stereocenters. The predicted molar refractivity (Wildman–Crippen MR) is 35.5 cm³/mol. The third-order valence-corrected chi connectivity index (χ3v) is 1.41. The van der Waals surface area contributed by atoms with Crippen molar-refractivity contribution in [2.45, 2.75) is 6.92 Å². The number of aromatic nitrogens is 1. The summed E-state index contributed by atoms with van der Waals surface area (Å²) < 4.78 is 1.92. The van der Waals surface area contributed by atoms with Gasteiger partial charge in [-0.15, -0.1) is 0 Å². The largest absolute Gasteiger partial charge is 0.354 e. The normalized spacial score (nSPS) is 9.56. The van der Waals surface area contributed by atoms with Gasteiger partial charge >= 0.3 is 0 Å². The van der Waals surface area contributed by atoms with Crippen LogP contribution in [0.1, 0.15) is 16.1 Å². The Balaban J connectivity index is 3.11. The average Bonchev–Trinajstić information content (AvgIpc) is 2.13. The molecular formula is C7H9NO. The number of aldehydes is 1. The van der Waals surface area contributed by atoms with Gasteiger partial charge in [0.2, 0.25) is 0 Å². The lowest BCUT2D eigenvalue weighted by Gasteiger charge is -1.89. The number of nitrogens with zero attached hydrogens (tertiary/aromatic N) is 1. The third-order valence-electron chi connectivity index (χ3n) is 1.41. The summed E-state index contributed by atoms with van der Waals surface area (Å²) in [6.07, 6.45) is 2.66. The molecule has 0 bridgehead atoms. The highest BCUT2D eigenvalue weighted by atomic mass is 16.1. The summed E-state index contributed by atoms with van der Waals surface area (Å²) in [6.45, 7) is 1.97. The molecule has 0 aromatic carbocycles. The number of carbonyl (C=O) groups excluding carboxylic acids is 1. The van der Waals surface area contributed by atoms with Gasteiger partial charge in [-0.1, -0.05) is 0 Å². The number of hydrogen-bond donors (Lipinski definition) is 0. The Morgan fingerprint density at radius 1 is 1.67 bits per heavy atom. The van der Waals surface area contributed by atoms with Gasteiger partial charge in [-0.2, -0.15) is 0 Å². The van der Waals surface area contributed by atoms with Crippen molar-refractivity contribution in [2.75, 3.05) is 0 Å². The molecule has 48 valence electrons. The summed E-state index contributed by atoms with van der Waals surface area (Å²) in [5, 5.41) is 0. The molecule has 0 N–H and O–H groups in total. The summed E-state index contributed by atoms with van der Waals surface area (Å²) in [5.74, 6) is 0. The van der Waals surface area contributed by atoms with Crippen molar-refractivity contribution in [3.63, 3.8) is 0 Å². The van der Waals surface area contributed by atoms with Crippen molar-refractivity contribution in [1.82, 2.24) is 4.57 Å². The summed E-state index contributed by atoms with van der Waals surface area (Å²) in [5.41, 5.74) is 1.85. The summed E-state index contributed by atoms with van der Waals surface area (Å²) in [4.78, 5) is 10.2. The average molecular weight is 123 g/mol. The van der Waals surface area contributed by atoms with Crippen molar-refractivity contribution in [2.24, 2.45) is 7.05 Å². The van der Waals surface area contributed by atoms with Crippen molar-refractivity contribution < 1.29 is 4.79 Å². The minimum Gasteiger partial charge on any atom is -0.354 e. The fourth-order valence-corrected chi connectivity index (χ4v) is 0.770. The molecule has 0 amide bonds. The van der Waals surface area contributed by atoms with E-state index >= 15 is 0 Å². The quantitative estimate of drug-likeness (QED) is 0.513. The summed E-state index contributed by atoms with van der Waals surface area (Å²) in [7, 11) is 1.92. The van der Waals surface area contributed by atoms with Gasteiger partial charge in [0.25, 0.3) is 0 Å². The maximum absolute atomic E-state index is 10.2. The van der Waals surface area contributed by atoms with E-state index in [0.29, 0.717) is 0 Å². The summed E-state index contributed by atoms with van der Waals surface area (Å²) >= 11 is 0. The van der Waals surface area contributed by atoms with Crippen LogP contribution in [-0.2, 0) is 7.05 Å². The first kappa shape index (κ1) is 6.08. The molecule has 0 radical (unpaired) electrons. The molecule has 9 heavy (non-hydrogen) atoms. The van der Waals surface area contributed by atoms with E-state index in [4.69, 9.17) is 0 Å². The van der Waals surface area contributed by atoms with E-state index < -0.39 is 0 Å². The monoisotopic (exact) mass is 123 g/mol. The van der Waals surface area contributed by atoms with Gasteiger partial charge < -0.3 is 4.57 Å². The fourth-order valence-electron chi connectivity index (χ4n) is 0.770. The molecule has 1 aromatic heterocycles. The summed E-state index contributed by atoms with van der Waals surface area (Å²) in [6, 6.07) is 1.85. The van der Waals surface area contributed by atoms with Crippen LogP contribution in [-0.4, -0.2) is 10.9 Å². The maximum atomic E-state index is 10.2. The second-order valence-electron chi connectivity index (χ2n) is 2.14. The second kappa shape index (κ2) is 2.05. The first-order chi connectivity index (χ1) is 4.24. The Hall–Kier alpha value is -1.05. The maximum Gasteiger partial charge on any atom is 0.151 e. The lowest BCUT2D eigenvalue weighted by molar-refractivity contribution is 0.112. The van der Waals surface area contributed by atoms with Crippen molar-refractivity contribution >= 4 is 6.29 Å². The van der Waals surface area contributed by atoms with Gasteiger partial charge in [0.05, 0.1) is 0 Å². The van der Waals surface area contributed by atoms with Crippen LogP contribution in [0.25, 0.3) is 0 Å². The topological polar surface area (TPSA) is 22.0 Å². The van der Waals surface area contributed by atoms with Gasteiger partial charge in [-0.3, -0.25) is 4.79 Å². The van der Waals surface area contributed by atoms with E-state index in [1.165, 1.54) is 0 Å². The number of aryl methyl sites for hydroxylation is 2. The molecule has 0 saturated heterocycles. The Morgan fingerprint density at radius 3 is 2.56 bits per heavy atom. The van der Waals surface area contributed by atoms with Crippen LogP contribution < -0.4 is 0 Å². The molecule has 0 aliphatic carbocycles. The first-order valence-corrected chi connectivity index (χ1v) is 2.82. The van der Waals surface area contributed by atoms with Gasteiger partial charge in [0.15, 0.2) is 6.29 Å². The molecule has 0 aliphatic rings. The Kier molecular flexibility index (Phi) is 1.39. The SMILES string of the molecule is Cc1cc(C=O)cn1C. The van der Waals surface area contributed by atoms with Crippen LogP contribution in [0, 0.1) is 6.92 Å². The number of hydrogen-bond acceptors (Lipinski definition) is 1. The predicted octanol–water partition coefficient (Wildman–Crippen LogP) is 1.15. The van der Waals surface area contributed by atoms with Gasteiger partial charge in [0.1, 0.15) is 0 Å². The minimum absolute atomic E-state index is 0.745. The molecule has 2 nitrogen and oxygen atoms in total. The molecule has 0 atom stereocenters. The van der Waals surface area contributed by atoms with E-state index in [0.717, 1.165) is 17.5 Å². The molecule has 1 heterocycles. The van der Waals surface area contributed by atoms with E-state index in [9.17, 15) is 4.79 Å². The molecule has 1 aromatic rings. The molecule has 2 heteroatoms. The minimum atomic E-state index is 0.745. The van der Waals surface area contributed by atoms with Crippen LogP contribution in [0.5, 0.6) is 0 Å². The smallest absolute Gasteiger partial charge is 0.151 e. The van der Waals surface area contributed by atoms with Crippen molar-refractivity contribution in [3.05, 3.63) is 23.5 Å². The first-order valence-electron chi connectivity index (χ1n) is 2.82. The lowest BCUT2D eigenvalue weighted by atomic mass is 10.3. The van der Waals surface area contributed by atoms with E-state index in [2.05, 4.69) is 0 Å². The lowest BCUT2D eigenvalue weighted by Crippen LogP contribution is -1.85. The highest BCUT2D eigenvalue weighted by molar-refractivity contribution is 5.74. The fraction of sp³-hybridized carbons (Fsp3) is 0.286. The number of rotatable bonds is 1. The molecule has 1 rings (SSSR count). The van der Waals surface area contributed by atoms with Crippen LogP contribution in [0.3, 0.4) is 0 Å².